The number of aromatic carboxylic acids is 1. The summed E-state index contributed by atoms with van der Waals surface area (Å²) in [4.78, 5) is 22.2. The molecule has 0 fully saturated rings. The molecule has 21 heavy (non-hydrogen) atoms. The van der Waals surface area contributed by atoms with Crippen molar-refractivity contribution < 1.29 is 19.4 Å². The van der Waals surface area contributed by atoms with Crippen molar-refractivity contribution in [3.05, 3.63) is 59.2 Å². The molecule has 5 N–H and O–H groups in total. The highest BCUT2D eigenvalue weighted by Crippen LogP contribution is 2.24. The van der Waals surface area contributed by atoms with Gasteiger partial charge in [-0.2, -0.15) is 0 Å². The van der Waals surface area contributed by atoms with Crippen LogP contribution in [0.3, 0.4) is 0 Å². The molecule has 6 heteroatoms. The van der Waals surface area contributed by atoms with Crippen LogP contribution in [0.25, 0.3) is 0 Å². The molecule has 0 aliphatic heterocycles. The minimum atomic E-state index is -1.07. The Morgan fingerprint density at radius 1 is 1.14 bits per heavy atom. The SMILES string of the molecule is NC(=O)c1ccccc1COc1cc(C(=O)O)ccc1N. The van der Waals surface area contributed by atoms with E-state index in [1.54, 1.807) is 24.3 Å². The largest absolute Gasteiger partial charge is 0.487 e. The average molecular weight is 286 g/mol. The van der Waals surface area contributed by atoms with Crippen molar-refractivity contribution in [2.45, 2.75) is 6.61 Å². The number of ether oxygens (including phenoxy) is 1. The van der Waals surface area contributed by atoms with Crippen molar-refractivity contribution in [1.29, 1.82) is 0 Å². The van der Waals surface area contributed by atoms with Crippen LogP contribution in [-0.4, -0.2) is 17.0 Å². The summed E-state index contributed by atoms with van der Waals surface area (Å²) < 4.78 is 5.51. The van der Waals surface area contributed by atoms with E-state index in [0.29, 0.717) is 16.8 Å². The average Bonchev–Trinajstić information content (AvgIpc) is 2.46. The molecule has 0 atom stereocenters. The maximum Gasteiger partial charge on any atom is 0.335 e. The van der Waals surface area contributed by atoms with Crippen molar-refractivity contribution in [2.75, 3.05) is 5.73 Å². The van der Waals surface area contributed by atoms with Gasteiger partial charge in [-0.25, -0.2) is 4.79 Å². The fourth-order valence-electron chi connectivity index (χ4n) is 1.83. The van der Waals surface area contributed by atoms with Crippen molar-refractivity contribution in [1.82, 2.24) is 0 Å². The number of hydrogen-bond donors (Lipinski definition) is 3. The van der Waals surface area contributed by atoms with Gasteiger partial charge in [0.15, 0.2) is 0 Å². The Hall–Kier alpha value is -3.02. The van der Waals surface area contributed by atoms with Crippen LogP contribution in [0, 0.1) is 0 Å². The van der Waals surface area contributed by atoms with E-state index in [1.807, 2.05) is 0 Å². The number of carbonyl (C=O) groups excluding carboxylic acids is 1. The summed E-state index contributed by atoms with van der Waals surface area (Å²) in [6.45, 7) is 0.0619. The van der Waals surface area contributed by atoms with Crippen LogP contribution in [-0.2, 0) is 6.61 Å². The maximum atomic E-state index is 11.3. The number of carboxylic acid groups (broad SMARTS) is 1. The van der Waals surface area contributed by atoms with Gasteiger partial charge >= 0.3 is 5.97 Å². The summed E-state index contributed by atoms with van der Waals surface area (Å²) in [5.41, 5.74) is 12.4. The maximum absolute atomic E-state index is 11.3. The standard InChI is InChI=1S/C15H14N2O4/c16-12-6-5-9(15(19)20)7-13(12)21-8-10-3-1-2-4-11(10)14(17)18/h1-7H,8,16H2,(H2,17,18)(H,19,20). The van der Waals surface area contributed by atoms with Crippen LogP contribution in [0.2, 0.25) is 0 Å². The third-order valence-electron chi connectivity index (χ3n) is 2.93. The Morgan fingerprint density at radius 3 is 2.52 bits per heavy atom. The number of hydrogen-bond acceptors (Lipinski definition) is 4. The molecule has 2 aromatic rings. The van der Waals surface area contributed by atoms with E-state index in [4.69, 9.17) is 21.3 Å². The molecule has 0 saturated heterocycles. The Bertz CT molecular complexity index is 698. The summed E-state index contributed by atoms with van der Waals surface area (Å²) >= 11 is 0. The van der Waals surface area contributed by atoms with Crippen LogP contribution in [0.15, 0.2) is 42.5 Å². The zero-order chi connectivity index (χ0) is 15.4. The number of nitrogen functional groups attached to an aromatic ring is 1. The van der Waals surface area contributed by atoms with Gasteiger partial charge < -0.3 is 21.3 Å². The highest BCUT2D eigenvalue weighted by molar-refractivity contribution is 5.94. The highest BCUT2D eigenvalue weighted by Gasteiger charge is 2.11. The molecule has 0 heterocycles. The second-order valence-electron chi connectivity index (χ2n) is 4.37. The number of primary amides is 1. The zero-order valence-electron chi connectivity index (χ0n) is 11.1. The summed E-state index contributed by atoms with van der Waals surface area (Å²) in [6.07, 6.45) is 0. The van der Waals surface area contributed by atoms with Crippen LogP contribution in [0.5, 0.6) is 5.75 Å². The first-order chi connectivity index (χ1) is 9.99. The van der Waals surface area contributed by atoms with Crippen molar-refractivity contribution in [2.24, 2.45) is 5.73 Å². The van der Waals surface area contributed by atoms with Gasteiger partial charge in [-0.1, -0.05) is 18.2 Å². The Kier molecular flexibility index (Phi) is 4.08. The molecule has 2 rings (SSSR count). The molecular formula is C15H14N2O4. The number of amides is 1. The lowest BCUT2D eigenvalue weighted by atomic mass is 10.1. The lowest BCUT2D eigenvalue weighted by molar-refractivity contribution is 0.0696. The molecule has 0 aliphatic rings. The molecule has 0 unspecified atom stereocenters. The van der Waals surface area contributed by atoms with Gasteiger partial charge in [-0.3, -0.25) is 4.79 Å². The number of nitrogens with two attached hydrogens (primary N) is 2. The molecule has 108 valence electrons. The van der Waals surface area contributed by atoms with Crippen molar-refractivity contribution >= 4 is 17.6 Å². The van der Waals surface area contributed by atoms with Crippen LogP contribution in [0.4, 0.5) is 5.69 Å². The zero-order valence-corrected chi connectivity index (χ0v) is 11.1. The predicted octanol–water partition coefficient (Wildman–Crippen LogP) is 1.64. The van der Waals surface area contributed by atoms with E-state index in [2.05, 4.69) is 0 Å². The molecule has 1 amide bonds. The number of carbonyl (C=O) groups is 2. The summed E-state index contributed by atoms with van der Waals surface area (Å²) in [5, 5.41) is 8.94. The summed E-state index contributed by atoms with van der Waals surface area (Å²) in [5.74, 6) is -1.38. The number of rotatable bonds is 5. The summed E-state index contributed by atoms with van der Waals surface area (Å²) in [7, 11) is 0. The fourth-order valence-corrected chi connectivity index (χ4v) is 1.83. The second-order valence-corrected chi connectivity index (χ2v) is 4.37. The van der Waals surface area contributed by atoms with Gasteiger partial charge in [-0.05, 0) is 24.3 Å². The molecule has 2 aromatic carbocycles. The topological polar surface area (TPSA) is 116 Å². The van der Waals surface area contributed by atoms with E-state index < -0.39 is 11.9 Å². The second kappa shape index (κ2) is 5.96. The van der Waals surface area contributed by atoms with Gasteiger partial charge in [0.2, 0.25) is 5.91 Å². The smallest absolute Gasteiger partial charge is 0.335 e. The molecular weight excluding hydrogens is 272 g/mol. The van der Waals surface area contributed by atoms with Gasteiger partial charge in [-0.15, -0.1) is 0 Å². The number of benzene rings is 2. The molecule has 6 nitrogen and oxygen atoms in total. The van der Waals surface area contributed by atoms with Crippen molar-refractivity contribution in [3.63, 3.8) is 0 Å². The van der Waals surface area contributed by atoms with E-state index >= 15 is 0 Å². The van der Waals surface area contributed by atoms with E-state index in [9.17, 15) is 9.59 Å². The first kappa shape index (κ1) is 14.4. The van der Waals surface area contributed by atoms with Crippen molar-refractivity contribution in [3.8, 4) is 5.75 Å². The van der Waals surface area contributed by atoms with Gasteiger partial charge in [0, 0.05) is 11.1 Å². The predicted molar refractivity (Wildman–Crippen MR) is 77.1 cm³/mol. The van der Waals surface area contributed by atoms with E-state index in [0.717, 1.165) is 0 Å². The Morgan fingerprint density at radius 2 is 1.86 bits per heavy atom. The van der Waals surface area contributed by atoms with Gasteiger partial charge in [0.1, 0.15) is 12.4 Å². The van der Waals surface area contributed by atoms with E-state index in [-0.39, 0.29) is 17.9 Å². The van der Waals surface area contributed by atoms with Gasteiger partial charge in [0.05, 0.1) is 11.3 Å². The molecule has 0 bridgehead atoms. The van der Waals surface area contributed by atoms with Gasteiger partial charge in [0.25, 0.3) is 0 Å². The lowest BCUT2D eigenvalue weighted by Gasteiger charge is -2.11. The Balaban J connectivity index is 2.22. The van der Waals surface area contributed by atoms with E-state index in [1.165, 1.54) is 18.2 Å². The quantitative estimate of drug-likeness (QED) is 0.723. The summed E-state index contributed by atoms with van der Waals surface area (Å²) in [6, 6.07) is 10.9. The normalized spacial score (nSPS) is 10.1. The third-order valence-corrected chi connectivity index (χ3v) is 2.93. The van der Waals surface area contributed by atoms with Crippen LogP contribution in [0.1, 0.15) is 26.3 Å². The lowest BCUT2D eigenvalue weighted by Crippen LogP contribution is -2.14. The molecule has 0 aromatic heterocycles. The number of carboxylic acids is 1. The first-order valence-corrected chi connectivity index (χ1v) is 6.12. The first-order valence-electron chi connectivity index (χ1n) is 6.12. The molecule has 0 aliphatic carbocycles. The third kappa shape index (κ3) is 3.30. The monoisotopic (exact) mass is 286 g/mol. The highest BCUT2D eigenvalue weighted by atomic mass is 16.5. The minimum absolute atomic E-state index is 0.0619. The fraction of sp³-hybridized carbons (Fsp3) is 0.0667. The van der Waals surface area contributed by atoms with Crippen LogP contribution < -0.4 is 16.2 Å². The minimum Gasteiger partial charge on any atom is -0.487 e. The van der Waals surface area contributed by atoms with Crippen LogP contribution >= 0.6 is 0 Å². The molecule has 0 radical (unpaired) electrons. The molecule has 0 saturated carbocycles. The molecule has 0 spiro atoms. The number of anilines is 1. The Labute approximate surface area is 120 Å².